The number of likely N-dealkylation sites (N-methyl/N-ethyl adjacent to an activating group) is 1. The summed E-state index contributed by atoms with van der Waals surface area (Å²) in [6, 6.07) is 14.6. The number of carbonyl (C=O) groups excluding carboxylic acids is 1. The van der Waals surface area contributed by atoms with E-state index >= 15 is 0 Å². The molecule has 1 saturated carbocycles. The lowest BCUT2D eigenvalue weighted by Crippen LogP contribution is -2.76. The smallest absolute Gasteiger partial charge is 0.174 e. The summed E-state index contributed by atoms with van der Waals surface area (Å²) in [4.78, 5) is 15.7. The van der Waals surface area contributed by atoms with Crippen molar-refractivity contribution < 1.29 is 19.0 Å². The van der Waals surface area contributed by atoms with Gasteiger partial charge in [0.05, 0.1) is 17.7 Å². The van der Waals surface area contributed by atoms with Gasteiger partial charge in [-0.25, -0.2) is 0 Å². The predicted molar refractivity (Wildman–Crippen MR) is 126 cm³/mol. The maximum absolute atomic E-state index is 13.3. The first-order chi connectivity index (χ1) is 16.1. The zero-order valence-electron chi connectivity index (χ0n) is 19.4. The average molecular weight is 446 g/mol. The van der Waals surface area contributed by atoms with E-state index in [0.29, 0.717) is 13.0 Å². The van der Waals surface area contributed by atoms with Crippen LogP contribution < -0.4 is 9.47 Å². The summed E-state index contributed by atoms with van der Waals surface area (Å²) in [7, 11) is 2.19. The molecule has 33 heavy (non-hydrogen) atoms. The molecule has 2 aromatic carbocycles. The zero-order chi connectivity index (χ0) is 22.6. The van der Waals surface area contributed by atoms with Gasteiger partial charge < -0.3 is 14.2 Å². The Hall–Kier alpha value is -2.79. The van der Waals surface area contributed by atoms with Gasteiger partial charge in [0.1, 0.15) is 12.2 Å². The van der Waals surface area contributed by atoms with Crippen molar-refractivity contribution in [1.82, 2.24) is 4.90 Å². The van der Waals surface area contributed by atoms with Crippen molar-refractivity contribution in [3.63, 3.8) is 0 Å². The van der Waals surface area contributed by atoms with E-state index in [4.69, 9.17) is 14.2 Å². The minimum absolute atomic E-state index is 0.190. The summed E-state index contributed by atoms with van der Waals surface area (Å²) in [5.74, 6) is 1.68. The van der Waals surface area contributed by atoms with Crippen LogP contribution in [0, 0.1) is 0 Å². The monoisotopic (exact) mass is 445 g/mol. The number of Topliss-reactive ketones (excluding diaryl/α,β-unsaturated/α-hetero) is 1. The topological polar surface area (TPSA) is 48.0 Å². The molecule has 0 radical (unpaired) electrons. The van der Waals surface area contributed by atoms with Gasteiger partial charge in [-0.2, -0.15) is 0 Å². The van der Waals surface area contributed by atoms with Gasteiger partial charge in [0.2, 0.25) is 0 Å². The minimum atomic E-state index is -0.506. The van der Waals surface area contributed by atoms with Crippen LogP contribution in [0.1, 0.15) is 49.3 Å². The first-order valence-electron chi connectivity index (χ1n) is 12.2. The molecule has 2 aromatic rings. The Morgan fingerprint density at radius 1 is 1.18 bits per heavy atom. The summed E-state index contributed by atoms with van der Waals surface area (Å²) in [6.45, 7) is 3.50. The Morgan fingerprint density at radius 3 is 2.85 bits per heavy atom. The third-order valence-corrected chi connectivity index (χ3v) is 8.32. The van der Waals surface area contributed by atoms with E-state index in [0.717, 1.165) is 49.3 Å². The maximum atomic E-state index is 13.3. The number of hydrogen-bond acceptors (Lipinski definition) is 5. The molecule has 0 unspecified atom stereocenters. The molecule has 0 N–H and O–H groups in total. The van der Waals surface area contributed by atoms with Crippen molar-refractivity contribution in [3.05, 3.63) is 71.5 Å². The third kappa shape index (κ3) is 2.78. The molecule has 4 aliphatic rings. The summed E-state index contributed by atoms with van der Waals surface area (Å²) in [6.07, 6.45) is 7.30. The van der Waals surface area contributed by atoms with E-state index < -0.39 is 17.1 Å². The van der Waals surface area contributed by atoms with E-state index in [1.807, 2.05) is 30.5 Å². The Labute approximate surface area is 195 Å². The fourth-order valence-electron chi connectivity index (χ4n) is 6.85. The Balaban J connectivity index is 1.48. The fourth-order valence-corrected chi connectivity index (χ4v) is 6.85. The number of allylic oxidation sites excluding steroid dienone is 1. The van der Waals surface area contributed by atoms with E-state index in [1.165, 1.54) is 11.1 Å². The number of hydrogen-bond donors (Lipinski definition) is 0. The molecular weight excluding hydrogens is 414 g/mol. The van der Waals surface area contributed by atoms with Gasteiger partial charge in [0.15, 0.2) is 23.4 Å². The molecule has 2 bridgehead atoms. The zero-order valence-corrected chi connectivity index (χ0v) is 19.4. The van der Waals surface area contributed by atoms with Crippen LogP contribution in [0.3, 0.4) is 0 Å². The number of likely N-dealkylation sites (tertiary alicyclic amines) is 1. The van der Waals surface area contributed by atoms with Crippen LogP contribution in [-0.2, 0) is 28.0 Å². The molecule has 2 aliphatic heterocycles. The van der Waals surface area contributed by atoms with E-state index in [2.05, 4.69) is 43.1 Å². The van der Waals surface area contributed by atoms with Crippen LogP contribution in [0.25, 0.3) is 0 Å². The Bertz CT molecular complexity index is 1110. The van der Waals surface area contributed by atoms with Gasteiger partial charge in [-0.1, -0.05) is 49.4 Å². The highest BCUT2D eigenvalue weighted by Gasteiger charge is 2.74. The highest BCUT2D eigenvalue weighted by atomic mass is 16.5. The standard InChI is InChI=1S/C28H31NO4/c1-3-4-16-32-28-13-12-21(30)26-27(28)14-15-29(2)23(28)17-20-10-11-22(25(33-26)24(20)27)31-18-19-8-6-5-7-9-19/h4-11,16,23,26H,3,12-15,17-18H2,1-2H3/t23-,26+,27+,28-/m1/s1. The molecule has 5 heteroatoms. The molecule has 1 saturated heterocycles. The van der Waals surface area contributed by atoms with Crippen LogP contribution >= 0.6 is 0 Å². The van der Waals surface area contributed by atoms with E-state index in [1.54, 1.807) is 0 Å². The minimum Gasteiger partial charge on any atom is -0.492 e. The molecule has 5 nitrogen and oxygen atoms in total. The van der Waals surface area contributed by atoms with Crippen molar-refractivity contribution in [2.24, 2.45) is 0 Å². The van der Waals surface area contributed by atoms with Crippen LogP contribution in [0.15, 0.2) is 54.8 Å². The van der Waals surface area contributed by atoms with Gasteiger partial charge in [-0.3, -0.25) is 9.69 Å². The number of piperidine rings is 1. The lowest BCUT2D eigenvalue weighted by atomic mass is 9.49. The molecule has 2 heterocycles. The van der Waals surface area contributed by atoms with Gasteiger partial charge >= 0.3 is 0 Å². The highest BCUT2D eigenvalue weighted by molar-refractivity contribution is 5.90. The fraction of sp³-hybridized carbons (Fsp3) is 0.464. The summed E-state index contributed by atoms with van der Waals surface area (Å²) < 4.78 is 19.6. The normalized spacial score (nSPS) is 31.9. The van der Waals surface area contributed by atoms with Crippen LogP contribution in [0.4, 0.5) is 0 Å². The number of benzene rings is 2. The largest absolute Gasteiger partial charge is 0.492 e. The van der Waals surface area contributed by atoms with Crippen LogP contribution in [-0.4, -0.2) is 42.0 Å². The number of ketones is 1. The average Bonchev–Trinajstić information content (AvgIpc) is 3.19. The number of nitrogens with zero attached hydrogens (tertiary/aromatic N) is 1. The Morgan fingerprint density at radius 2 is 2.03 bits per heavy atom. The third-order valence-electron chi connectivity index (χ3n) is 8.32. The van der Waals surface area contributed by atoms with Crippen molar-refractivity contribution >= 4 is 5.78 Å². The highest BCUT2D eigenvalue weighted by Crippen LogP contribution is 2.66. The van der Waals surface area contributed by atoms with Crippen molar-refractivity contribution in [1.29, 1.82) is 0 Å². The first-order valence-corrected chi connectivity index (χ1v) is 12.2. The van der Waals surface area contributed by atoms with Gasteiger partial charge in [0.25, 0.3) is 0 Å². The second-order valence-electron chi connectivity index (χ2n) is 9.87. The number of carbonyl (C=O) groups is 1. The molecule has 2 fully saturated rings. The van der Waals surface area contributed by atoms with E-state index in [-0.39, 0.29) is 11.8 Å². The van der Waals surface area contributed by atoms with Gasteiger partial charge in [0, 0.05) is 12.0 Å². The predicted octanol–water partition coefficient (Wildman–Crippen LogP) is 4.57. The second-order valence-corrected chi connectivity index (χ2v) is 9.87. The van der Waals surface area contributed by atoms with Crippen molar-refractivity contribution in [2.75, 3.05) is 13.6 Å². The molecule has 172 valence electrons. The van der Waals surface area contributed by atoms with Gasteiger partial charge in [-0.15, -0.1) is 0 Å². The van der Waals surface area contributed by atoms with Crippen LogP contribution in [0.5, 0.6) is 11.5 Å². The summed E-state index contributed by atoms with van der Waals surface area (Å²) in [5.41, 5.74) is 2.60. The SMILES string of the molecule is CCC=CO[C@@]12CCC(=O)[C@@H]3Oc4c(OCc5ccccc5)ccc5c4[C@@]31CCN(C)[C@@H]2C5. The Kier molecular flexibility index (Phi) is 4.80. The quantitative estimate of drug-likeness (QED) is 0.610. The van der Waals surface area contributed by atoms with Crippen molar-refractivity contribution in [3.8, 4) is 11.5 Å². The molecule has 0 amide bonds. The van der Waals surface area contributed by atoms with E-state index in [9.17, 15) is 4.79 Å². The lowest BCUT2D eigenvalue weighted by molar-refractivity contribution is -0.188. The second kappa shape index (κ2) is 7.63. The van der Waals surface area contributed by atoms with Crippen molar-refractivity contribution in [2.45, 2.75) is 68.8 Å². The molecule has 2 aliphatic carbocycles. The molecule has 0 aromatic heterocycles. The maximum Gasteiger partial charge on any atom is 0.174 e. The van der Waals surface area contributed by atoms with Gasteiger partial charge in [-0.05, 0) is 56.5 Å². The number of ether oxygens (including phenoxy) is 3. The van der Waals surface area contributed by atoms with Crippen LogP contribution in [0.2, 0.25) is 0 Å². The summed E-state index contributed by atoms with van der Waals surface area (Å²) >= 11 is 0. The molecule has 4 atom stereocenters. The first kappa shape index (κ1) is 20.8. The number of rotatable bonds is 6. The lowest BCUT2D eigenvalue weighted by Gasteiger charge is -2.63. The molecule has 1 spiro atoms. The molecule has 6 rings (SSSR count). The summed E-state index contributed by atoms with van der Waals surface area (Å²) in [5, 5.41) is 0. The molecular formula is C28H31NO4.